The summed E-state index contributed by atoms with van der Waals surface area (Å²) in [5, 5.41) is 6.16. The zero-order valence-electron chi connectivity index (χ0n) is 22.1. The summed E-state index contributed by atoms with van der Waals surface area (Å²) in [6.07, 6.45) is 7.35. The Kier molecular flexibility index (Phi) is 8.02. The molecule has 1 fully saturated rings. The molecule has 1 aliphatic heterocycles. The molecule has 0 radical (unpaired) electrons. The Morgan fingerprint density at radius 2 is 1.76 bits per heavy atom. The second-order valence-electron chi connectivity index (χ2n) is 9.91. The summed E-state index contributed by atoms with van der Waals surface area (Å²) in [7, 11) is 0. The normalized spacial score (nSPS) is 15.3. The first-order chi connectivity index (χ1) is 18.4. The Hall–Kier alpha value is -2.94. The van der Waals surface area contributed by atoms with Crippen LogP contribution >= 0.6 is 23.2 Å². The van der Waals surface area contributed by atoms with Gasteiger partial charge in [-0.2, -0.15) is 9.61 Å². The largest absolute Gasteiger partial charge is 0.349 e. The van der Waals surface area contributed by atoms with Crippen LogP contribution in [0.1, 0.15) is 44.5 Å². The van der Waals surface area contributed by atoms with Crippen LogP contribution in [0.15, 0.2) is 42.7 Å². The third kappa shape index (κ3) is 5.05. The van der Waals surface area contributed by atoms with Crippen molar-refractivity contribution in [3.8, 4) is 11.1 Å². The van der Waals surface area contributed by atoms with E-state index >= 15 is 0 Å². The van der Waals surface area contributed by atoms with Crippen LogP contribution in [0.3, 0.4) is 0 Å². The maximum absolute atomic E-state index is 6.66. The number of aromatic nitrogens is 5. The molecule has 4 aromatic rings. The van der Waals surface area contributed by atoms with Gasteiger partial charge in [0.15, 0.2) is 5.65 Å². The zero-order chi connectivity index (χ0) is 26.8. The van der Waals surface area contributed by atoms with E-state index in [9.17, 15) is 0 Å². The summed E-state index contributed by atoms with van der Waals surface area (Å²) in [5.41, 5.74) is 10.5. The average molecular weight is 554 g/mol. The number of nitrogens with zero attached hydrogens (tertiary/aromatic N) is 7. The van der Waals surface area contributed by atoms with Gasteiger partial charge in [-0.05, 0) is 51.3 Å². The van der Waals surface area contributed by atoms with Crippen LogP contribution < -0.4 is 15.5 Å². The fourth-order valence-electron chi connectivity index (χ4n) is 5.44. The van der Waals surface area contributed by atoms with Crippen LogP contribution in [0.25, 0.3) is 16.8 Å². The molecule has 0 saturated carbocycles. The quantitative estimate of drug-likeness (QED) is 0.305. The molecule has 200 valence electrons. The van der Waals surface area contributed by atoms with Crippen LogP contribution in [0, 0.1) is 6.92 Å². The van der Waals surface area contributed by atoms with Crippen molar-refractivity contribution in [2.75, 3.05) is 29.4 Å². The van der Waals surface area contributed by atoms with Crippen molar-refractivity contribution in [3.05, 3.63) is 64.2 Å². The highest BCUT2D eigenvalue weighted by Gasteiger charge is 2.31. The molecule has 1 saturated heterocycles. The van der Waals surface area contributed by atoms with Gasteiger partial charge >= 0.3 is 0 Å². The minimum Gasteiger partial charge on any atom is -0.349 e. The number of anilines is 2. The topological polar surface area (TPSA) is 88.5 Å². The minimum atomic E-state index is 0.108. The van der Waals surface area contributed by atoms with E-state index in [-0.39, 0.29) is 12.1 Å². The number of aryl methyl sites for hydroxylation is 2. The van der Waals surface area contributed by atoms with Crippen molar-refractivity contribution in [1.29, 1.82) is 0 Å². The molecule has 10 heteroatoms. The monoisotopic (exact) mass is 552 g/mol. The van der Waals surface area contributed by atoms with Gasteiger partial charge in [-0.25, -0.2) is 15.0 Å². The molecule has 38 heavy (non-hydrogen) atoms. The maximum atomic E-state index is 6.66. The molecule has 1 atom stereocenters. The van der Waals surface area contributed by atoms with Gasteiger partial charge in [-0.3, -0.25) is 0 Å². The summed E-state index contributed by atoms with van der Waals surface area (Å²) < 4.78 is 1.96. The molecule has 4 heterocycles. The van der Waals surface area contributed by atoms with Crippen LogP contribution in [0.4, 0.5) is 11.8 Å². The highest BCUT2D eigenvalue weighted by atomic mass is 35.5. The number of rotatable bonds is 8. The maximum Gasteiger partial charge on any atom is 0.225 e. The fraction of sp³-hybridized carbons (Fsp3) is 0.429. The van der Waals surface area contributed by atoms with Gasteiger partial charge in [-0.1, -0.05) is 42.6 Å². The van der Waals surface area contributed by atoms with Crippen molar-refractivity contribution in [2.24, 2.45) is 5.73 Å². The van der Waals surface area contributed by atoms with E-state index in [4.69, 9.17) is 39.0 Å². The molecule has 0 amide bonds. The summed E-state index contributed by atoms with van der Waals surface area (Å²) in [4.78, 5) is 18.7. The number of halogens is 2. The first-order valence-electron chi connectivity index (χ1n) is 13.3. The van der Waals surface area contributed by atoms with Crippen molar-refractivity contribution >= 4 is 40.6 Å². The average Bonchev–Trinajstić information content (AvgIpc) is 3.25. The van der Waals surface area contributed by atoms with E-state index in [0.717, 1.165) is 78.7 Å². The number of piperidine rings is 1. The number of nitrogens with two attached hydrogens (primary N) is 1. The summed E-state index contributed by atoms with van der Waals surface area (Å²) in [6.45, 7) is 8.61. The number of benzene rings is 1. The SMILES string of the molecule is CCCc1cc(N(C(C)CN)C2CCN(c3ncccn3)CC2)n2nc(C)c(-c3c(Cl)cccc3Cl)c2n1. The first kappa shape index (κ1) is 26.7. The third-order valence-corrected chi connectivity index (χ3v) is 7.92. The Morgan fingerprint density at radius 3 is 2.39 bits per heavy atom. The predicted molar refractivity (Wildman–Crippen MR) is 155 cm³/mol. The number of hydrogen-bond acceptors (Lipinski definition) is 7. The standard InChI is InChI=1S/C28H34Cl2N8/c1-4-7-20-16-24(38-27(34-20)25(19(3)35-38)26-22(29)8-5-9-23(26)30)37(18(2)17-31)21-10-14-36(15-11-21)28-32-12-6-13-33-28/h5-6,8-9,12-13,16,18,21H,4,7,10-11,14-15,17,31H2,1-3H3. The number of hydrogen-bond donors (Lipinski definition) is 1. The van der Waals surface area contributed by atoms with Gasteiger partial charge in [0.2, 0.25) is 5.95 Å². The van der Waals surface area contributed by atoms with Crippen molar-refractivity contribution in [2.45, 2.75) is 58.5 Å². The van der Waals surface area contributed by atoms with E-state index in [0.29, 0.717) is 16.6 Å². The Labute approximate surface area is 233 Å². The second kappa shape index (κ2) is 11.4. The molecule has 0 aliphatic carbocycles. The van der Waals surface area contributed by atoms with Gasteiger partial charge in [0.1, 0.15) is 5.82 Å². The van der Waals surface area contributed by atoms with Crippen molar-refractivity contribution in [1.82, 2.24) is 24.6 Å². The highest BCUT2D eigenvalue weighted by molar-refractivity contribution is 6.39. The van der Waals surface area contributed by atoms with Crippen LogP contribution in [-0.2, 0) is 6.42 Å². The molecule has 2 N–H and O–H groups in total. The lowest BCUT2D eigenvalue weighted by Gasteiger charge is -2.42. The Bertz CT molecular complexity index is 1380. The second-order valence-corrected chi connectivity index (χ2v) is 10.7. The molecule has 1 aromatic carbocycles. The summed E-state index contributed by atoms with van der Waals surface area (Å²) in [6, 6.07) is 9.99. The van der Waals surface area contributed by atoms with E-state index < -0.39 is 0 Å². The fourth-order valence-corrected chi connectivity index (χ4v) is 6.03. The molecule has 0 bridgehead atoms. The van der Waals surface area contributed by atoms with E-state index in [1.165, 1.54) is 0 Å². The lowest BCUT2D eigenvalue weighted by atomic mass is 10.0. The van der Waals surface area contributed by atoms with E-state index in [1.807, 2.05) is 35.7 Å². The third-order valence-electron chi connectivity index (χ3n) is 7.29. The molecule has 0 spiro atoms. The Balaban J connectivity index is 1.60. The highest BCUT2D eigenvalue weighted by Crippen LogP contribution is 2.40. The predicted octanol–water partition coefficient (Wildman–Crippen LogP) is 5.58. The van der Waals surface area contributed by atoms with Crippen molar-refractivity contribution < 1.29 is 0 Å². The van der Waals surface area contributed by atoms with Crippen LogP contribution in [0.2, 0.25) is 10.0 Å². The van der Waals surface area contributed by atoms with Gasteiger partial charge in [-0.15, -0.1) is 0 Å². The minimum absolute atomic E-state index is 0.108. The first-order valence-corrected chi connectivity index (χ1v) is 14.0. The molecular weight excluding hydrogens is 519 g/mol. The molecule has 3 aromatic heterocycles. The van der Waals surface area contributed by atoms with E-state index in [1.54, 1.807) is 12.4 Å². The van der Waals surface area contributed by atoms with Gasteiger partial charge in [0.25, 0.3) is 0 Å². The van der Waals surface area contributed by atoms with Gasteiger partial charge in [0.05, 0.1) is 21.3 Å². The van der Waals surface area contributed by atoms with Crippen molar-refractivity contribution in [3.63, 3.8) is 0 Å². The van der Waals surface area contributed by atoms with Crippen LogP contribution in [0.5, 0.6) is 0 Å². The molecular formula is C28H34Cl2N8. The van der Waals surface area contributed by atoms with Crippen LogP contribution in [-0.4, -0.2) is 56.3 Å². The van der Waals surface area contributed by atoms with Gasteiger partial charge in [0, 0.05) is 61.4 Å². The lowest BCUT2D eigenvalue weighted by molar-refractivity contribution is 0.427. The smallest absolute Gasteiger partial charge is 0.225 e. The number of fused-ring (bicyclic) bond motifs is 1. The van der Waals surface area contributed by atoms with Gasteiger partial charge < -0.3 is 15.5 Å². The molecule has 5 rings (SSSR count). The molecule has 1 unspecified atom stereocenters. The summed E-state index contributed by atoms with van der Waals surface area (Å²) >= 11 is 13.3. The van der Waals surface area contributed by atoms with E-state index in [2.05, 4.69) is 39.7 Å². The Morgan fingerprint density at radius 1 is 1.08 bits per heavy atom. The lowest BCUT2D eigenvalue weighted by Crippen LogP contribution is -2.51. The molecule has 1 aliphatic rings. The molecule has 8 nitrogen and oxygen atoms in total. The zero-order valence-corrected chi connectivity index (χ0v) is 23.6. The summed E-state index contributed by atoms with van der Waals surface area (Å²) in [5.74, 6) is 1.79.